The first-order valence-corrected chi connectivity index (χ1v) is 10.8. The zero-order valence-corrected chi connectivity index (χ0v) is 17.7. The Kier molecular flexibility index (Phi) is 7.63. The highest BCUT2D eigenvalue weighted by Crippen LogP contribution is 2.15. The number of oxazole rings is 1. The molecule has 0 spiro atoms. The second-order valence-electron chi connectivity index (χ2n) is 7.79. The van der Waals surface area contributed by atoms with E-state index in [1.807, 2.05) is 6.07 Å². The molecule has 0 radical (unpaired) electrons. The molecule has 0 aliphatic carbocycles. The number of carbonyl (C=O) groups excluding carboxylic acids is 1. The summed E-state index contributed by atoms with van der Waals surface area (Å²) in [7, 11) is 0. The fourth-order valence-corrected chi connectivity index (χ4v) is 3.79. The zero-order chi connectivity index (χ0) is 21.5. The van der Waals surface area contributed by atoms with Gasteiger partial charge in [-0.3, -0.25) is 14.6 Å². The molecule has 0 bridgehead atoms. The molecule has 1 aromatic heterocycles. The van der Waals surface area contributed by atoms with Crippen LogP contribution in [0.15, 0.2) is 34.9 Å². The van der Waals surface area contributed by atoms with Crippen molar-refractivity contribution in [2.24, 2.45) is 0 Å². The number of amides is 1. The van der Waals surface area contributed by atoms with Crippen LogP contribution >= 0.6 is 0 Å². The van der Waals surface area contributed by atoms with Crippen molar-refractivity contribution in [3.63, 3.8) is 0 Å². The van der Waals surface area contributed by atoms with Gasteiger partial charge in [-0.2, -0.15) is 0 Å². The van der Waals surface area contributed by atoms with E-state index in [-0.39, 0.29) is 11.7 Å². The Balaban J connectivity index is 1.41. The van der Waals surface area contributed by atoms with E-state index in [0.29, 0.717) is 56.5 Å². The van der Waals surface area contributed by atoms with Crippen LogP contribution in [0, 0.1) is 5.82 Å². The summed E-state index contributed by atoms with van der Waals surface area (Å²) in [5.74, 6) is 0.0802. The molecule has 0 saturated carbocycles. The molecule has 2 aliphatic heterocycles. The lowest BCUT2D eigenvalue weighted by Gasteiger charge is -2.29. The van der Waals surface area contributed by atoms with Gasteiger partial charge >= 0.3 is 0 Å². The third-order valence-electron chi connectivity index (χ3n) is 5.62. The number of morpholine rings is 2. The van der Waals surface area contributed by atoms with Gasteiger partial charge in [-0.1, -0.05) is 18.2 Å². The maximum absolute atomic E-state index is 14.2. The summed E-state index contributed by atoms with van der Waals surface area (Å²) in [6, 6.07) is 6.79. The van der Waals surface area contributed by atoms with Gasteiger partial charge in [0.2, 0.25) is 5.89 Å². The van der Waals surface area contributed by atoms with Crippen molar-refractivity contribution in [3.8, 4) is 0 Å². The van der Waals surface area contributed by atoms with Gasteiger partial charge in [-0.05, 0) is 6.07 Å². The molecule has 2 fully saturated rings. The lowest BCUT2D eigenvalue weighted by molar-refractivity contribution is 0.0299. The minimum atomic E-state index is -0.227. The van der Waals surface area contributed by atoms with Crippen molar-refractivity contribution in [3.05, 3.63) is 53.5 Å². The first kappa shape index (κ1) is 21.9. The molecule has 2 saturated heterocycles. The highest BCUT2D eigenvalue weighted by atomic mass is 19.1. The molecular formula is C22H29FN4O4. The molecule has 1 amide bonds. The summed E-state index contributed by atoms with van der Waals surface area (Å²) < 4.78 is 30.6. The smallest absolute Gasteiger partial charge is 0.275 e. The number of carbonyl (C=O) groups is 1. The van der Waals surface area contributed by atoms with Gasteiger partial charge in [0.05, 0.1) is 33.0 Å². The molecule has 4 rings (SSSR count). The van der Waals surface area contributed by atoms with Crippen LogP contribution < -0.4 is 0 Å². The van der Waals surface area contributed by atoms with Crippen LogP contribution in [0.5, 0.6) is 0 Å². The second kappa shape index (κ2) is 10.8. The molecule has 0 atom stereocenters. The van der Waals surface area contributed by atoms with E-state index in [0.717, 1.165) is 39.4 Å². The molecule has 9 heteroatoms. The van der Waals surface area contributed by atoms with E-state index in [1.54, 1.807) is 17.0 Å². The quantitative estimate of drug-likeness (QED) is 0.628. The van der Waals surface area contributed by atoms with Gasteiger partial charge in [0, 0.05) is 51.4 Å². The Hall–Kier alpha value is -2.33. The Morgan fingerprint density at radius 1 is 1.03 bits per heavy atom. The molecule has 2 aliphatic rings. The van der Waals surface area contributed by atoms with Crippen molar-refractivity contribution in [2.45, 2.75) is 13.1 Å². The number of benzene rings is 1. The summed E-state index contributed by atoms with van der Waals surface area (Å²) in [6.45, 7) is 7.85. The Labute approximate surface area is 181 Å². The topological polar surface area (TPSA) is 71.3 Å². The summed E-state index contributed by atoms with van der Waals surface area (Å²) in [5.41, 5.74) is 0.927. The first-order valence-electron chi connectivity index (χ1n) is 10.8. The maximum atomic E-state index is 14.2. The van der Waals surface area contributed by atoms with Crippen LogP contribution in [0.25, 0.3) is 0 Å². The summed E-state index contributed by atoms with van der Waals surface area (Å²) in [5, 5.41) is 0. The van der Waals surface area contributed by atoms with E-state index in [2.05, 4.69) is 14.8 Å². The van der Waals surface area contributed by atoms with Crippen LogP contribution in [0.4, 0.5) is 4.39 Å². The fraction of sp³-hybridized carbons (Fsp3) is 0.545. The Bertz CT molecular complexity index is 850. The average Bonchev–Trinajstić information content (AvgIpc) is 3.28. The van der Waals surface area contributed by atoms with Gasteiger partial charge in [-0.25, -0.2) is 9.37 Å². The van der Waals surface area contributed by atoms with E-state index in [9.17, 15) is 9.18 Å². The largest absolute Gasteiger partial charge is 0.447 e. The molecule has 3 heterocycles. The van der Waals surface area contributed by atoms with E-state index >= 15 is 0 Å². The SMILES string of the molecule is O=C(c1coc(CN(CCN2CCOCC2)Cc2ccccc2F)n1)N1CCOCC1. The summed E-state index contributed by atoms with van der Waals surface area (Å²) in [4.78, 5) is 23.2. The number of halogens is 1. The van der Waals surface area contributed by atoms with E-state index < -0.39 is 0 Å². The highest BCUT2D eigenvalue weighted by Gasteiger charge is 2.23. The molecule has 0 unspecified atom stereocenters. The minimum absolute atomic E-state index is 0.146. The molecule has 8 nitrogen and oxygen atoms in total. The average molecular weight is 432 g/mol. The second-order valence-corrected chi connectivity index (χ2v) is 7.79. The van der Waals surface area contributed by atoms with Crippen LogP contribution in [0.3, 0.4) is 0 Å². The van der Waals surface area contributed by atoms with Crippen molar-refractivity contribution in [2.75, 3.05) is 65.7 Å². The fourth-order valence-electron chi connectivity index (χ4n) is 3.79. The number of aromatic nitrogens is 1. The van der Waals surface area contributed by atoms with Crippen LogP contribution in [0.2, 0.25) is 0 Å². The molecule has 168 valence electrons. The van der Waals surface area contributed by atoms with Gasteiger partial charge in [-0.15, -0.1) is 0 Å². The normalized spacial score (nSPS) is 17.9. The summed E-state index contributed by atoms with van der Waals surface area (Å²) in [6.07, 6.45) is 1.41. The maximum Gasteiger partial charge on any atom is 0.275 e. The van der Waals surface area contributed by atoms with E-state index in [1.165, 1.54) is 12.3 Å². The number of rotatable bonds is 8. The number of hydrogen-bond acceptors (Lipinski definition) is 7. The Morgan fingerprint density at radius 2 is 1.74 bits per heavy atom. The van der Waals surface area contributed by atoms with Crippen LogP contribution in [-0.4, -0.2) is 91.3 Å². The monoisotopic (exact) mass is 432 g/mol. The van der Waals surface area contributed by atoms with Gasteiger partial charge in [0.15, 0.2) is 5.69 Å². The van der Waals surface area contributed by atoms with Crippen LogP contribution in [-0.2, 0) is 22.6 Å². The number of ether oxygens (including phenoxy) is 2. The third kappa shape index (κ3) is 6.10. The van der Waals surface area contributed by atoms with Gasteiger partial charge in [0.25, 0.3) is 5.91 Å². The molecule has 0 N–H and O–H groups in total. The van der Waals surface area contributed by atoms with Gasteiger partial charge < -0.3 is 18.8 Å². The van der Waals surface area contributed by atoms with Crippen molar-refractivity contribution in [1.29, 1.82) is 0 Å². The highest BCUT2D eigenvalue weighted by molar-refractivity contribution is 5.92. The zero-order valence-electron chi connectivity index (χ0n) is 17.7. The van der Waals surface area contributed by atoms with Crippen molar-refractivity contribution in [1.82, 2.24) is 19.7 Å². The van der Waals surface area contributed by atoms with Crippen molar-refractivity contribution >= 4 is 5.91 Å². The lowest BCUT2D eigenvalue weighted by Crippen LogP contribution is -2.41. The number of nitrogens with zero attached hydrogens (tertiary/aromatic N) is 4. The van der Waals surface area contributed by atoms with E-state index in [4.69, 9.17) is 13.9 Å². The van der Waals surface area contributed by atoms with Crippen molar-refractivity contribution < 1.29 is 23.1 Å². The first-order chi connectivity index (χ1) is 15.2. The lowest BCUT2D eigenvalue weighted by atomic mass is 10.2. The number of hydrogen-bond donors (Lipinski definition) is 0. The Morgan fingerprint density at radius 3 is 2.48 bits per heavy atom. The summed E-state index contributed by atoms with van der Waals surface area (Å²) >= 11 is 0. The van der Waals surface area contributed by atoms with Crippen LogP contribution in [0.1, 0.15) is 21.9 Å². The standard InChI is InChI=1S/C22H29FN4O4/c23-19-4-2-1-3-18(19)15-26(6-5-25-7-11-29-12-8-25)16-21-24-20(17-31-21)22(28)27-9-13-30-14-10-27/h1-4,17H,5-16H2. The predicted octanol–water partition coefficient (Wildman–Crippen LogP) is 1.62. The third-order valence-corrected chi connectivity index (χ3v) is 5.62. The minimum Gasteiger partial charge on any atom is -0.447 e. The molecule has 31 heavy (non-hydrogen) atoms. The molecular weight excluding hydrogens is 403 g/mol. The molecule has 2 aromatic rings. The molecule has 1 aromatic carbocycles. The predicted molar refractivity (Wildman–Crippen MR) is 111 cm³/mol. The van der Waals surface area contributed by atoms with Gasteiger partial charge in [0.1, 0.15) is 12.1 Å².